The molecule has 0 amide bonds. The molecule has 0 saturated heterocycles. The molecule has 1 aromatic heterocycles. The molecule has 0 radical (unpaired) electrons. The van der Waals surface area contributed by atoms with Gasteiger partial charge in [-0.25, -0.2) is 4.68 Å². The SMILES string of the molecule is Cc1[nH]n(-c2ccccc2)c(=O)c1C(c1ccc(Cl)cc1Cl)P(=O)(c1ccccc1)c1ccccc1. The number of para-hydroxylation sites is 1. The summed E-state index contributed by atoms with van der Waals surface area (Å²) in [4.78, 5) is 14.0. The number of benzene rings is 4. The van der Waals surface area contributed by atoms with Gasteiger partial charge in [0, 0.05) is 26.3 Å². The van der Waals surface area contributed by atoms with Crippen molar-refractivity contribution >= 4 is 41.0 Å². The van der Waals surface area contributed by atoms with Gasteiger partial charge in [-0.2, -0.15) is 0 Å². The van der Waals surface area contributed by atoms with Crippen LogP contribution in [-0.2, 0) is 4.57 Å². The van der Waals surface area contributed by atoms with E-state index in [0.717, 1.165) is 0 Å². The first-order valence-electron chi connectivity index (χ1n) is 11.4. The molecule has 1 atom stereocenters. The van der Waals surface area contributed by atoms with Gasteiger partial charge in [-0.05, 0) is 36.8 Å². The largest absolute Gasteiger partial charge is 0.313 e. The molecule has 1 N–H and O–H groups in total. The third kappa shape index (κ3) is 4.26. The predicted octanol–water partition coefficient (Wildman–Crippen LogP) is 6.88. The second kappa shape index (κ2) is 9.99. The molecular formula is C29H23Cl2N2O2P. The van der Waals surface area contributed by atoms with Gasteiger partial charge in [-0.15, -0.1) is 0 Å². The van der Waals surface area contributed by atoms with Crippen molar-refractivity contribution in [3.05, 3.63) is 146 Å². The summed E-state index contributed by atoms with van der Waals surface area (Å²) < 4.78 is 17.0. The monoisotopic (exact) mass is 532 g/mol. The van der Waals surface area contributed by atoms with E-state index in [1.807, 2.05) is 97.9 Å². The second-order valence-electron chi connectivity index (χ2n) is 8.52. The molecular weight excluding hydrogens is 510 g/mol. The maximum absolute atomic E-state index is 15.6. The van der Waals surface area contributed by atoms with Crippen LogP contribution in [0.2, 0.25) is 10.0 Å². The van der Waals surface area contributed by atoms with Gasteiger partial charge in [-0.3, -0.25) is 9.89 Å². The lowest BCUT2D eigenvalue weighted by atomic mass is 10.0. The highest BCUT2D eigenvalue weighted by molar-refractivity contribution is 7.79. The van der Waals surface area contributed by atoms with Gasteiger partial charge in [0.25, 0.3) is 5.56 Å². The molecule has 4 aromatic carbocycles. The Morgan fingerprint density at radius 3 is 1.83 bits per heavy atom. The lowest BCUT2D eigenvalue weighted by molar-refractivity contribution is 0.582. The Morgan fingerprint density at radius 2 is 1.31 bits per heavy atom. The van der Waals surface area contributed by atoms with E-state index in [1.165, 1.54) is 4.68 Å². The maximum atomic E-state index is 15.6. The van der Waals surface area contributed by atoms with Crippen molar-refractivity contribution in [2.24, 2.45) is 0 Å². The van der Waals surface area contributed by atoms with E-state index in [9.17, 15) is 4.79 Å². The first kappa shape index (κ1) is 24.4. The summed E-state index contributed by atoms with van der Waals surface area (Å²) in [7, 11) is -3.51. The van der Waals surface area contributed by atoms with E-state index in [-0.39, 0.29) is 5.56 Å². The van der Waals surface area contributed by atoms with Crippen LogP contribution in [-0.4, -0.2) is 9.78 Å². The van der Waals surface area contributed by atoms with Crippen LogP contribution in [0.15, 0.2) is 114 Å². The topological polar surface area (TPSA) is 54.9 Å². The molecule has 0 aliphatic carbocycles. The number of halogens is 2. The summed E-state index contributed by atoms with van der Waals surface area (Å²) in [5.41, 5.74) is 1.16. The van der Waals surface area contributed by atoms with Crippen LogP contribution in [0.25, 0.3) is 5.69 Å². The Hall–Kier alpha value is -3.30. The first-order valence-corrected chi connectivity index (χ1v) is 14.0. The third-order valence-electron chi connectivity index (χ3n) is 6.31. The number of hydrogen-bond acceptors (Lipinski definition) is 2. The van der Waals surface area contributed by atoms with Gasteiger partial charge in [0.2, 0.25) is 0 Å². The Balaban J connectivity index is 1.88. The standard InChI is InChI=1S/C29H23Cl2N2O2P/c1-20-27(29(34)33(32-20)22-11-5-2-6-12-22)28(25-18-17-21(30)19-26(25)31)36(35,23-13-7-3-8-14-23)24-15-9-4-10-16-24/h2-19,28,32H,1H3. The summed E-state index contributed by atoms with van der Waals surface area (Å²) in [5.74, 6) is 0. The fraction of sp³-hybridized carbons (Fsp3) is 0.0690. The minimum atomic E-state index is -3.51. The van der Waals surface area contributed by atoms with Crippen LogP contribution in [0, 0.1) is 6.92 Å². The van der Waals surface area contributed by atoms with Crippen molar-refractivity contribution in [2.75, 3.05) is 0 Å². The Bertz CT molecular complexity index is 1570. The summed E-state index contributed by atoms with van der Waals surface area (Å²) in [6.45, 7) is 1.83. The highest BCUT2D eigenvalue weighted by Crippen LogP contribution is 2.61. The first-order chi connectivity index (χ1) is 17.4. The summed E-state index contributed by atoms with van der Waals surface area (Å²) in [5, 5.41) is 5.29. The normalized spacial score (nSPS) is 12.4. The van der Waals surface area contributed by atoms with E-state index >= 15 is 4.57 Å². The van der Waals surface area contributed by atoms with Crippen molar-refractivity contribution in [1.29, 1.82) is 0 Å². The average molecular weight is 533 g/mol. The van der Waals surface area contributed by atoms with Crippen molar-refractivity contribution < 1.29 is 4.57 Å². The van der Waals surface area contributed by atoms with Crippen LogP contribution in [0.5, 0.6) is 0 Å². The molecule has 0 aliphatic heterocycles. The van der Waals surface area contributed by atoms with Crippen LogP contribution < -0.4 is 16.2 Å². The van der Waals surface area contributed by atoms with Crippen molar-refractivity contribution in [3.63, 3.8) is 0 Å². The minimum absolute atomic E-state index is 0.276. The molecule has 7 heteroatoms. The van der Waals surface area contributed by atoms with Gasteiger partial charge < -0.3 is 4.57 Å². The van der Waals surface area contributed by atoms with Gasteiger partial charge in [-0.1, -0.05) is 108 Å². The second-order valence-corrected chi connectivity index (χ2v) is 12.2. The zero-order valence-electron chi connectivity index (χ0n) is 19.4. The molecule has 0 fully saturated rings. The van der Waals surface area contributed by atoms with Gasteiger partial charge >= 0.3 is 0 Å². The van der Waals surface area contributed by atoms with E-state index in [2.05, 4.69) is 5.10 Å². The van der Waals surface area contributed by atoms with E-state index in [1.54, 1.807) is 18.2 Å². The lowest BCUT2D eigenvalue weighted by Gasteiger charge is -2.29. The number of H-pyrrole nitrogens is 1. The molecule has 0 spiro atoms. The summed E-state index contributed by atoms with van der Waals surface area (Å²) in [6, 6.07) is 33.0. The van der Waals surface area contributed by atoms with Gasteiger partial charge in [0.05, 0.1) is 16.9 Å². The molecule has 0 bridgehead atoms. The fourth-order valence-electron chi connectivity index (χ4n) is 4.64. The smallest absolute Gasteiger partial charge is 0.275 e. The van der Waals surface area contributed by atoms with E-state index in [0.29, 0.717) is 43.2 Å². The van der Waals surface area contributed by atoms with E-state index < -0.39 is 12.8 Å². The molecule has 0 saturated carbocycles. The number of hydrogen-bond donors (Lipinski definition) is 1. The van der Waals surface area contributed by atoms with Crippen LogP contribution in [0.3, 0.4) is 0 Å². The summed E-state index contributed by atoms with van der Waals surface area (Å²) >= 11 is 13.0. The van der Waals surface area contributed by atoms with Crippen LogP contribution in [0.4, 0.5) is 0 Å². The van der Waals surface area contributed by atoms with Crippen molar-refractivity contribution in [2.45, 2.75) is 12.6 Å². The average Bonchev–Trinajstić information content (AvgIpc) is 3.20. The lowest BCUT2D eigenvalue weighted by Crippen LogP contribution is -2.27. The summed E-state index contributed by atoms with van der Waals surface area (Å²) in [6.07, 6.45) is 0. The highest BCUT2D eigenvalue weighted by Gasteiger charge is 2.43. The molecule has 1 unspecified atom stereocenters. The number of nitrogens with zero attached hydrogens (tertiary/aromatic N) is 1. The quantitative estimate of drug-likeness (QED) is 0.242. The molecule has 0 aliphatic rings. The van der Waals surface area contributed by atoms with Crippen molar-refractivity contribution in [1.82, 2.24) is 9.78 Å². The Labute approximate surface area is 219 Å². The zero-order valence-corrected chi connectivity index (χ0v) is 21.8. The molecule has 5 rings (SSSR count). The number of aryl methyl sites for hydroxylation is 1. The van der Waals surface area contributed by atoms with Crippen LogP contribution >= 0.6 is 30.3 Å². The Kier molecular flexibility index (Phi) is 6.77. The highest BCUT2D eigenvalue weighted by atomic mass is 35.5. The fourth-order valence-corrected chi connectivity index (χ4v) is 8.65. The number of aromatic nitrogens is 2. The predicted molar refractivity (Wildman–Crippen MR) is 149 cm³/mol. The molecule has 180 valence electrons. The Morgan fingerprint density at radius 1 is 0.778 bits per heavy atom. The minimum Gasteiger partial charge on any atom is -0.313 e. The number of aromatic amines is 1. The molecule has 4 nitrogen and oxygen atoms in total. The number of rotatable bonds is 6. The molecule has 5 aromatic rings. The molecule has 36 heavy (non-hydrogen) atoms. The zero-order chi connectivity index (χ0) is 25.3. The number of nitrogens with one attached hydrogen (secondary N) is 1. The van der Waals surface area contributed by atoms with Crippen molar-refractivity contribution in [3.8, 4) is 5.69 Å². The third-order valence-corrected chi connectivity index (χ3v) is 10.3. The van der Waals surface area contributed by atoms with E-state index in [4.69, 9.17) is 23.2 Å². The van der Waals surface area contributed by atoms with Crippen LogP contribution in [0.1, 0.15) is 22.5 Å². The van der Waals surface area contributed by atoms with Gasteiger partial charge in [0.15, 0.2) is 7.14 Å². The van der Waals surface area contributed by atoms with Gasteiger partial charge in [0.1, 0.15) is 0 Å². The molecule has 1 heterocycles. The maximum Gasteiger partial charge on any atom is 0.275 e.